The molecule has 1 saturated heterocycles. The number of aliphatic hydroxyl groups is 1. The van der Waals surface area contributed by atoms with Crippen LogP contribution in [-0.4, -0.2) is 40.1 Å². The zero-order valence-electron chi connectivity index (χ0n) is 14.4. The maximum Gasteiger partial charge on any atom is 0.272 e. The fraction of sp³-hybridized carbons (Fsp3) is 0.300. The largest absolute Gasteiger partial charge is 0.394 e. The summed E-state index contributed by atoms with van der Waals surface area (Å²) in [7, 11) is 0. The van der Waals surface area contributed by atoms with Gasteiger partial charge in [-0.1, -0.05) is 24.3 Å². The van der Waals surface area contributed by atoms with Crippen LogP contribution in [0.1, 0.15) is 28.9 Å². The van der Waals surface area contributed by atoms with Crippen LogP contribution in [0.25, 0.3) is 10.1 Å². The molecule has 0 spiro atoms. The van der Waals surface area contributed by atoms with Crippen LogP contribution in [0.15, 0.2) is 47.8 Å². The van der Waals surface area contributed by atoms with Gasteiger partial charge in [-0.2, -0.15) is 0 Å². The van der Waals surface area contributed by atoms with E-state index < -0.39 is 0 Å². The molecule has 1 fully saturated rings. The summed E-state index contributed by atoms with van der Waals surface area (Å²) in [5.41, 5.74) is 1.65. The van der Waals surface area contributed by atoms with E-state index in [0.29, 0.717) is 24.6 Å². The second kappa shape index (κ2) is 7.43. The Morgan fingerprint density at radius 3 is 3.04 bits per heavy atom. The van der Waals surface area contributed by atoms with Crippen LogP contribution < -0.4 is 5.32 Å². The van der Waals surface area contributed by atoms with Gasteiger partial charge < -0.3 is 15.3 Å². The van der Waals surface area contributed by atoms with E-state index in [9.17, 15) is 9.90 Å². The molecule has 1 atom stereocenters. The lowest BCUT2D eigenvalue weighted by Gasteiger charge is -2.22. The average Bonchev–Trinajstić information content (AvgIpc) is 3.33. The van der Waals surface area contributed by atoms with Gasteiger partial charge in [-0.25, -0.2) is 4.98 Å². The predicted octanol–water partition coefficient (Wildman–Crippen LogP) is 3.51. The molecule has 1 aromatic carbocycles. The Labute approximate surface area is 156 Å². The lowest BCUT2D eigenvalue weighted by Crippen LogP contribution is -2.38. The van der Waals surface area contributed by atoms with Crippen LogP contribution in [-0.2, 0) is 6.54 Å². The number of fused-ring (bicyclic) bond motifs is 1. The summed E-state index contributed by atoms with van der Waals surface area (Å²) in [4.78, 5) is 18.9. The van der Waals surface area contributed by atoms with Gasteiger partial charge in [0.25, 0.3) is 5.91 Å². The van der Waals surface area contributed by atoms with E-state index >= 15 is 0 Å². The molecule has 3 heterocycles. The average molecular weight is 367 g/mol. The quantitative estimate of drug-likeness (QED) is 0.724. The van der Waals surface area contributed by atoms with Gasteiger partial charge in [0.2, 0.25) is 0 Å². The van der Waals surface area contributed by atoms with Crippen LogP contribution >= 0.6 is 11.3 Å². The number of thiophene rings is 1. The van der Waals surface area contributed by atoms with Crippen molar-refractivity contribution in [3.63, 3.8) is 0 Å². The zero-order chi connectivity index (χ0) is 17.9. The summed E-state index contributed by atoms with van der Waals surface area (Å²) in [6.45, 7) is 1.36. The normalized spacial score (nSPS) is 17.0. The number of aromatic nitrogens is 1. The SMILES string of the molecule is O=C(c1cccc(NCc2csc3ccccc23)n1)N1CCCC1CO. The molecule has 0 radical (unpaired) electrons. The van der Waals surface area contributed by atoms with Crippen LogP contribution in [0, 0.1) is 0 Å². The molecule has 0 saturated carbocycles. The van der Waals surface area contributed by atoms with Gasteiger partial charge in [0.1, 0.15) is 11.5 Å². The van der Waals surface area contributed by atoms with Gasteiger partial charge in [0.05, 0.1) is 12.6 Å². The maximum atomic E-state index is 12.7. The molecule has 1 aliphatic rings. The van der Waals surface area contributed by atoms with Gasteiger partial charge in [0.15, 0.2) is 0 Å². The highest BCUT2D eigenvalue weighted by Gasteiger charge is 2.29. The highest BCUT2D eigenvalue weighted by Crippen LogP contribution is 2.26. The first-order valence-corrected chi connectivity index (χ1v) is 9.72. The summed E-state index contributed by atoms with van der Waals surface area (Å²) in [5.74, 6) is 0.581. The van der Waals surface area contributed by atoms with Crippen LogP contribution in [0.4, 0.5) is 5.82 Å². The molecule has 4 rings (SSSR count). The Balaban J connectivity index is 1.48. The molecule has 1 amide bonds. The van der Waals surface area contributed by atoms with E-state index in [0.717, 1.165) is 12.8 Å². The Kier molecular flexibility index (Phi) is 4.86. The first-order chi connectivity index (χ1) is 12.8. The van der Waals surface area contributed by atoms with Crippen molar-refractivity contribution < 1.29 is 9.90 Å². The fourth-order valence-electron chi connectivity index (χ4n) is 3.45. The zero-order valence-corrected chi connectivity index (χ0v) is 15.2. The maximum absolute atomic E-state index is 12.7. The summed E-state index contributed by atoms with van der Waals surface area (Å²) < 4.78 is 1.27. The molecular formula is C20H21N3O2S. The fourth-order valence-corrected chi connectivity index (χ4v) is 4.41. The molecule has 134 valence electrons. The number of carbonyl (C=O) groups is 1. The van der Waals surface area contributed by atoms with E-state index in [1.54, 1.807) is 22.3 Å². The van der Waals surface area contributed by atoms with Crippen LogP contribution in [0.5, 0.6) is 0 Å². The third-order valence-corrected chi connectivity index (χ3v) is 5.85. The standard InChI is InChI=1S/C20H21N3O2S/c24-12-15-5-4-10-23(15)20(25)17-7-3-9-19(22-17)21-11-14-13-26-18-8-2-1-6-16(14)18/h1-3,6-9,13,15,24H,4-5,10-12H2,(H,21,22). The van der Waals surface area contributed by atoms with E-state index in [1.807, 2.05) is 24.3 Å². The number of nitrogens with one attached hydrogen (secondary N) is 1. The molecule has 26 heavy (non-hydrogen) atoms. The number of amides is 1. The number of nitrogens with zero attached hydrogens (tertiary/aromatic N) is 2. The van der Waals surface area contributed by atoms with Gasteiger partial charge in [0, 0.05) is 17.8 Å². The van der Waals surface area contributed by atoms with Crippen molar-refractivity contribution in [1.82, 2.24) is 9.88 Å². The number of likely N-dealkylation sites (tertiary alicyclic amines) is 1. The molecule has 0 bridgehead atoms. The topological polar surface area (TPSA) is 65.5 Å². The summed E-state index contributed by atoms with van der Waals surface area (Å²) in [6, 6.07) is 13.7. The van der Waals surface area contributed by atoms with E-state index in [-0.39, 0.29) is 18.6 Å². The molecule has 1 unspecified atom stereocenters. The number of hydrogen-bond donors (Lipinski definition) is 2. The van der Waals surface area contributed by atoms with E-state index in [4.69, 9.17) is 0 Å². The third-order valence-electron chi connectivity index (χ3n) is 4.84. The van der Waals surface area contributed by atoms with Crippen molar-refractivity contribution in [3.8, 4) is 0 Å². The molecule has 0 aliphatic carbocycles. The lowest BCUT2D eigenvalue weighted by molar-refractivity contribution is 0.0672. The van der Waals surface area contributed by atoms with Crippen molar-refractivity contribution in [2.75, 3.05) is 18.5 Å². The summed E-state index contributed by atoms with van der Waals surface area (Å²) >= 11 is 1.73. The number of anilines is 1. The molecule has 2 aromatic heterocycles. The first-order valence-electron chi connectivity index (χ1n) is 8.84. The molecule has 5 nitrogen and oxygen atoms in total. The number of pyridine rings is 1. The van der Waals surface area contributed by atoms with E-state index in [1.165, 1.54) is 15.6 Å². The second-order valence-electron chi connectivity index (χ2n) is 6.50. The number of carbonyl (C=O) groups excluding carboxylic acids is 1. The van der Waals surface area contributed by atoms with E-state index in [2.05, 4.69) is 27.8 Å². The number of aliphatic hydroxyl groups excluding tert-OH is 1. The van der Waals surface area contributed by atoms with Gasteiger partial charge in [-0.15, -0.1) is 11.3 Å². The Morgan fingerprint density at radius 2 is 2.15 bits per heavy atom. The van der Waals surface area contributed by atoms with Crippen LogP contribution in [0.3, 0.4) is 0 Å². The van der Waals surface area contributed by atoms with Crippen molar-refractivity contribution in [1.29, 1.82) is 0 Å². The van der Waals surface area contributed by atoms with Crippen molar-refractivity contribution in [2.24, 2.45) is 0 Å². The third kappa shape index (κ3) is 3.30. The number of hydrogen-bond acceptors (Lipinski definition) is 5. The van der Waals surface area contributed by atoms with Crippen molar-refractivity contribution in [3.05, 3.63) is 59.1 Å². The smallest absolute Gasteiger partial charge is 0.272 e. The minimum absolute atomic E-state index is 0.00884. The van der Waals surface area contributed by atoms with Crippen molar-refractivity contribution >= 4 is 33.1 Å². The van der Waals surface area contributed by atoms with Gasteiger partial charge in [-0.3, -0.25) is 4.79 Å². The van der Waals surface area contributed by atoms with Gasteiger partial charge >= 0.3 is 0 Å². The molecule has 6 heteroatoms. The second-order valence-corrected chi connectivity index (χ2v) is 7.41. The highest BCUT2D eigenvalue weighted by molar-refractivity contribution is 7.17. The summed E-state index contributed by atoms with van der Waals surface area (Å²) in [5, 5.41) is 16.2. The Hall–Kier alpha value is -2.44. The van der Waals surface area contributed by atoms with Crippen molar-refractivity contribution in [2.45, 2.75) is 25.4 Å². The van der Waals surface area contributed by atoms with Gasteiger partial charge in [-0.05, 0) is 47.4 Å². The summed E-state index contributed by atoms with van der Waals surface area (Å²) in [6.07, 6.45) is 1.78. The minimum atomic E-state index is -0.105. The Bertz CT molecular complexity index is 924. The monoisotopic (exact) mass is 367 g/mol. The molecule has 3 aromatic rings. The first kappa shape index (κ1) is 17.0. The minimum Gasteiger partial charge on any atom is -0.394 e. The lowest BCUT2D eigenvalue weighted by atomic mass is 10.2. The number of benzene rings is 1. The molecular weight excluding hydrogens is 346 g/mol. The predicted molar refractivity (Wildman–Crippen MR) is 105 cm³/mol. The number of rotatable bonds is 5. The van der Waals surface area contributed by atoms with Crippen LogP contribution in [0.2, 0.25) is 0 Å². The Morgan fingerprint density at radius 1 is 1.27 bits per heavy atom. The highest BCUT2D eigenvalue weighted by atomic mass is 32.1. The molecule has 2 N–H and O–H groups in total. The molecule has 1 aliphatic heterocycles.